The summed E-state index contributed by atoms with van der Waals surface area (Å²) in [7, 11) is 0. The highest BCUT2D eigenvalue weighted by Gasteiger charge is 2.29. The van der Waals surface area contributed by atoms with Gasteiger partial charge in [-0.25, -0.2) is 8.78 Å². The predicted molar refractivity (Wildman–Crippen MR) is 85.2 cm³/mol. The quantitative estimate of drug-likeness (QED) is 0.820. The smallest absolute Gasteiger partial charge is 0.317 e. The lowest BCUT2D eigenvalue weighted by Gasteiger charge is -2.37. The van der Waals surface area contributed by atoms with E-state index in [-0.39, 0.29) is 23.2 Å². The largest absolute Gasteiger partial charge is 0.480 e. The first-order valence-corrected chi connectivity index (χ1v) is 8.11. The molecule has 0 aliphatic carbocycles. The van der Waals surface area contributed by atoms with Crippen molar-refractivity contribution in [3.05, 3.63) is 34.4 Å². The molecule has 5 nitrogen and oxygen atoms in total. The number of rotatable bonds is 5. The van der Waals surface area contributed by atoms with Crippen LogP contribution in [0.25, 0.3) is 0 Å². The van der Waals surface area contributed by atoms with E-state index in [0.29, 0.717) is 32.5 Å². The van der Waals surface area contributed by atoms with Crippen molar-refractivity contribution >= 4 is 23.5 Å². The zero-order valence-electron chi connectivity index (χ0n) is 13.3. The van der Waals surface area contributed by atoms with Crippen LogP contribution in [0.4, 0.5) is 8.78 Å². The summed E-state index contributed by atoms with van der Waals surface area (Å²) in [6, 6.07) is 1.69. The molecule has 1 amide bonds. The van der Waals surface area contributed by atoms with Gasteiger partial charge in [0.2, 0.25) is 0 Å². The van der Waals surface area contributed by atoms with Crippen LogP contribution < -0.4 is 0 Å². The molecule has 24 heavy (non-hydrogen) atoms. The Hall–Kier alpha value is -1.73. The van der Waals surface area contributed by atoms with Gasteiger partial charge < -0.3 is 10.0 Å². The standard InChI is InChI=1S/C16H19ClF2N2O3/c1-2-20(9-15(22)23)10-3-5-21(6-4-10)16(24)11-7-13(18)14(19)8-12(11)17/h7-8,10H,2-6,9H2,1H3,(H,22,23). The number of nitrogens with zero attached hydrogens (tertiary/aromatic N) is 2. The van der Waals surface area contributed by atoms with Crippen LogP contribution in [0.2, 0.25) is 5.02 Å². The van der Waals surface area contributed by atoms with Gasteiger partial charge in [-0.05, 0) is 31.5 Å². The number of carboxylic acid groups (broad SMARTS) is 1. The fraction of sp³-hybridized carbons (Fsp3) is 0.500. The number of carbonyl (C=O) groups excluding carboxylic acids is 1. The maximum absolute atomic E-state index is 13.4. The van der Waals surface area contributed by atoms with Gasteiger partial charge in [-0.1, -0.05) is 18.5 Å². The van der Waals surface area contributed by atoms with Gasteiger partial charge in [0, 0.05) is 19.1 Å². The SMILES string of the molecule is CCN(CC(=O)O)C1CCN(C(=O)c2cc(F)c(F)cc2Cl)CC1. The third kappa shape index (κ3) is 4.21. The molecule has 1 heterocycles. The minimum atomic E-state index is -1.11. The lowest BCUT2D eigenvalue weighted by Crippen LogP contribution is -2.48. The molecule has 132 valence electrons. The number of likely N-dealkylation sites (tertiary alicyclic amines) is 1. The highest BCUT2D eigenvalue weighted by atomic mass is 35.5. The Morgan fingerprint density at radius 2 is 1.88 bits per heavy atom. The van der Waals surface area contributed by atoms with Crippen LogP contribution in [0, 0.1) is 11.6 Å². The zero-order valence-corrected chi connectivity index (χ0v) is 14.0. The summed E-state index contributed by atoms with van der Waals surface area (Å²) < 4.78 is 26.5. The maximum atomic E-state index is 13.4. The third-order valence-corrected chi connectivity index (χ3v) is 4.57. The number of benzene rings is 1. The number of hydrogen-bond acceptors (Lipinski definition) is 3. The maximum Gasteiger partial charge on any atom is 0.317 e. The minimum absolute atomic E-state index is 0.0376. The van der Waals surface area contributed by atoms with E-state index in [0.717, 1.165) is 12.1 Å². The van der Waals surface area contributed by atoms with Gasteiger partial charge in [-0.3, -0.25) is 14.5 Å². The molecule has 0 saturated carbocycles. The molecule has 1 aliphatic heterocycles. The first kappa shape index (κ1) is 18.6. The molecule has 8 heteroatoms. The van der Waals surface area contributed by atoms with Crippen molar-refractivity contribution in [3.63, 3.8) is 0 Å². The van der Waals surface area contributed by atoms with Crippen LogP contribution in [0.3, 0.4) is 0 Å². The second-order valence-corrected chi connectivity index (χ2v) is 6.13. The van der Waals surface area contributed by atoms with Crippen molar-refractivity contribution in [1.29, 1.82) is 0 Å². The number of halogens is 3. The van der Waals surface area contributed by atoms with E-state index in [9.17, 15) is 18.4 Å². The monoisotopic (exact) mass is 360 g/mol. The molecule has 0 atom stereocenters. The van der Waals surface area contributed by atoms with Crippen molar-refractivity contribution in [1.82, 2.24) is 9.80 Å². The summed E-state index contributed by atoms with van der Waals surface area (Å²) in [4.78, 5) is 26.7. The van der Waals surface area contributed by atoms with Crippen LogP contribution in [-0.2, 0) is 4.79 Å². The molecular formula is C16H19ClF2N2O3. The molecule has 0 spiro atoms. The Morgan fingerprint density at radius 1 is 1.29 bits per heavy atom. The summed E-state index contributed by atoms with van der Waals surface area (Å²) in [5.41, 5.74) is -0.0631. The van der Waals surface area contributed by atoms with E-state index < -0.39 is 23.5 Å². The Bertz CT molecular complexity index is 634. The van der Waals surface area contributed by atoms with Crippen LogP contribution in [-0.4, -0.2) is 59.0 Å². The summed E-state index contributed by atoms with van der Waals surface area (Å²) in [5, 5.41) is 8.80. The molecule has 2 rings (SSSR count). The Kier molecular flexibility index (Phi) is 6.12. The molecule has 1 aliphatic rings. The first-order chi connectivity index (χ1) is 11.3. The predicted octanol–water partition coefficient (Wildman–Crippen LogP) is 2.63. The molecule has 0 radical (unpaired) electrons. The van der Waals surface area contributed by atoms with E-state index >= 15 is 0 Å². The van der Waals surface area contributed by atoms with Gasteiger partial charge in [0.15, 0.2) is 11.6 Å². The molecule has 0 unspecified atom stereocenters. The molecule has 1 saturated heterocycles. The number of aliphatic carboxylic acids is 1. The zero-order chi connectivity index (χ0) is 17.9. The molecule has 0 aromatic heterocycles. The van der Waals surface area contributed by atoms with Crippen molar-refractivity contribution in [3.8, 4) is 0 Å². The summed E-state index contributed by atoms with van der Waals surface area (Å²) in [5.74, 6) is -3.54. The van der Waals surface area contributed by atoms with Crippen molar-refractivity contribution in [2.45, 2.75) is 25.8 Å². The second-order valence-electron chi connectivity index (χ2n) is 5.73. The van der Waals surface area contributed by atoms with Crippen LogP contribution in [0.1, 0.15) is 30.1 Å². The lowest BCUT2D eigenvalue weighted by molar-refractivity contribution is -0.139. The van der Waals surface area contributed by atoms with Crippen LogP contribution in [0.15, 0.2) is 12.1 Å². The fourth-order valence-electron chi connectivity index (χ4n) is 2.96. The van der Waals surface area contributed by atoms with Crippen molar-refractivity contribution in [2.75, 3.05) is 26.2 Å². The number of likely N-dealkylation sites (N-methyl/N-ethyl adjacent to an activating group) is 1. The van der Waals surface area contributed by atoms with Crippen LogP contribution in [0.5, 0.6) is 0 Å². The van der Waals surface area contributed by atoms with E-state index in [1.54, 1.807) is 0 Å². The van der Waals surface area contributed by atoms with Gasteiger partial charge in [0.05, 0.1) is 17.1 Å². The number of hydrogen-bond donors (Lipinski definition) is 1. The Labute approximate surface area is 143 Å². The molecule has 1 aromatic carbocycles. The highest BCUT2D eigenvalue weighted by Crippen LogP contribution is 2.24. The van der Waals surface area contributed by atoms with Crippen LogP contribution >= 0.6 is 11.6 Å². The fourth-order valence-corrected chi connectivity index (χ4v) is 3.19. The van der Waals surface area contributed by atoms with E-state index in [2.05, 4.69) is 0 Å². The average molecular weight is 361 g/mol. The van der Waals surface area contributed by atoms with E-state index in [1.165, 1.54) is 4.90 Å². The molecular weight excluding hydrogens is 342 g/mol. The summed E-state index contributed by atoms with van der Waals surface area (Å²) in [6.07, 6.45) is 1.24. The number of amides is 1. The van der Waals surface area contributed by atoms with Gasteiger partial charge >= 0.3 is 5.97 Å². The normalized spacial score (nSPS) is 15.8. The van der Waals surface area contributed by atoms with E-state index in [1.807, 2.05) is 11.8 Å². The molecule has 1 fully saturated rings. The third-order valence-electron chi connectivity index (χ3n) is 4.25. The topological polar surface area (TPSA) is 60.9 Å². The van der Waals surface area contributed by atoms with Crippen molar-refractivity contribution < 1.29 is 23.5 Å². The van der Waals surface area contributed by atoms with Gasteiger partial charge in [0.1, 0.15) is 0 Å². The molecule has 1 N–H and O–H groups in total. The average Bonchev–Trinajstić information content (AvgIpc) is 2.55. The number of piperidine rings is 1. The minimum Gasteiger partial charge on any atom is -0.480 e. The van der Waals surface area contributed by atoms with Gasteiger partial charge in [0.25, 0.3) is 5.91 Å². The summed E-state index contributed by atoms with van der Waals surface area (Å²) >= 11 is 5.85. The Morgan fingerprint density at radius 3 is 2.42 bits per heavy atom. The Balaban J connectivity index is 2.03. The molecule has 1 aromatic rings. The number of carboxylic acids is 1. The molecule has 0 bridgehead atoms. The number of carbonyl (C=O) groups is 2. The van der Waals surface area contributed by atoms with Gasteiger partial charge in [-0.15, -0.1) is 0 Å². The summed E-state index contributed by atoms with van der Waals surface area (Å²) in [6.45, 7) is 3.29. The second kappa shape index (κ2) is 7.90. The van der Waals surface area contributed by atoms with E-state index in [4.69, 9.17) is 16.7 Å². The highest BCUT2D eigenvalue weighted by molar-refractivity contribution is 6.33. The first-order valence-electron chi connectivity index (χ1n) is 7.73. The van der Waals surface area contributed by atoms with Gasteiger partial charge in [-0.2, -0.15) is 0 Å². The van der Waals surface area contributed by atoms with Crippen molar-refractivity contribution in [2.24, 2.45) is 0 Å². The lowest BCUT2D eigenvalue weighted by atomic mass is 10.0.